The molecule has 0 aliphatic carbocycles. The van der Waals surface area contributed by atoms with E-state index < -0.39 is 0 Å². The lowest BCUT2D eigenvalue weighted by atomic mass is 10.1. The minimum atomic E-state index is -0.0942. The van der Waals surface area contributed by atoms with Crippen molar-refractivity contribution in [2.24, 2.45) is 0 Å². The van der Waals surface area contributed by atoms with Gasteiger partial charge in [-0.15, -0.1) is 23.5 Å². The topological polar surface area (TPSA) is 104 Å². The van der Waals surface area contributed by atoms with E-state index in [0.717, 1.165) is 51.7 Å². The van der Waals surface area contributed by atoms with Crippen LogP contribution >= 0.6 is 46.7 Å². The summed E-state index contributed by atoms with van der Waals surface area (Å²) < 4.78 is 0. The van der Waals surface area contributed by atoms with Crippen molar-refractivity contribution >= 4 is 75.6 Å². The van der Waals surface area contributed by atoms with Gasteiger partial charge in [0.05, 0.1) is 16.4 Å². The van der Waals surface area contributed by atoms with E-state index in [2.05, 4.69) is 16.7 Å². The Kier molecular flexibility index (Phi) is 13.2. The number of benzene rings is 4. The number of nitrogen functional groups attached to an aromatic ring is 1. The maximum Gasteiger partial charge on any atom is 0.224 e. The highest BCUT2D eigenvalue weighted by Gasteiger charge is 2.12. The first kappa shape index (κ1) is 33.6. The largest absolute Gasteiger partial charge is 0.508 e. The molecule has 44 heavy (non-hydrogen) atoms. The number of nitrogens with one attached hydrogen (secondary N) is 2. The number of rotatable bonds is 15. The minimum absolute atomic E-state index is 0.0270. The summed E-state index contributed by atoms with van der Waals surface area (Å²) in [7, 11) is 0. The Bertz CT molecular complexity index is 1590. The number of aromatic hydroxyl groups is 1. The highest BCUT2D eigenvalue weighted by Crippen LogP contribution is 2.39. The molecule has 2 amide bonds. The first-order valence-electron chi connectivity index (χ1n) is 14.4. The number of phenols is 1. The maximum atomic E-state index is 12.3. The lowest BCUT2D eigenvalue weighted by Gasteiger charge is -2.12. The molecule has 0 aliphatic rings. The Labute approximate surface area is 277 Å². The average molecular weight is 669 g/mol. The standard InChI is InChI=1S/C34H35Cl2N3O3S2/c35-24-19-23(20-27(21-24)43-18-8-16-32(41)38-25-9-6-10-26(40)22-25)28-11-7-14-31(34(28)36)44-17-5-1-2-15-33(42)39-30-13-4-3-12-29(30)37/h3-4,6-7,9-14,19-22,40H,1-2,5,8,15-18,37H2,(H,38,41)(H,39,42). The quantitative estimate of drug-likeness (QED) is 0.0571. The molecule has 10 heteroatoms. The number of nitrogens with two attached hydrogens (primary N) is 1. The number of para-hydroxylation sites is 2. The molecule has 0 atom stereocenters. The van der Waals surface area contributed by atoms with E-state index in [-0.39, 0.29) is 17.6 Å². The second-order valence-corrected chi connectivity index (χ2v) is 13.3. The lowest BCUT2D eigenvalue weighted by molar-refractivity contribution is -0.117. The fourth-order valence-electron chi connectivity index (χ4n) is 4.45. The number of unbranched alkanes of at least 4 members (excludes halogenated alkanes) is 2. The molecule has 0 bridgehead atoms. The van der Waals surface area contributed by atoms with Gasteiger partial charge in [-0.3, -0.25) is 9.59 Å². The summed E-state index contributed by atoms with van der Waals surface area (Å²) in [5, 5.41) is 16.6. The van der Waals surface area contributed by atoms with E-state index in [9.17, 15) is 14.7 Å². The van der Waals surface area contributed by atoms with E-state index in [0.29, 0.717) is 46.4 Å². The van der Waals surface area contributed by atoms with Crippen LogP contribution in [-0.4, -0.2) is 28.4 Å². The third kappa shape index (κ3) is 10.7. The van der Waals surface area contributed by atoms with Crippen molar-refractivity contribution in [1.82, 2.24) is 0 Å². The number of carbonyl (C=O) groups is 2. The molecule has 0 spiro atoms. The molecule has 230 valence electrons. The van der Waals surface area contributed by atoms with E-state index in [1.807, 2.05) is 42.5 Å². The highest BCUT2D eigenvalue weighted by molar-refractivity contribution is 7.99. The monoisotopic (exact) mass is 667 g/mol. The summed E-state index contributed by atoms with van der Waals surface area (Å²) in [6.07, 6.45) is 4.23. The van der Waals surface area contributed by atoms with Gasteiger partial charge in [0.15, 0.2) is 0 Å². The molecule has 6 nitrogen and oxygen atoms in total. The number of amides is 2. The Hall–Kier alpha value is -3.30. The molecule has 0 heterocycles. The minimum Gasteiger partial charge on any atom is -0.508 e. The van der Waals surface area contributed by atoms with Crippen LogP contribution in [-0.2, 0) is 9.59 Å². The molecule has 0 radical (unpaired) electrons. The first-order chi connectivity index (χ1) is 21.3. The van der Waals surface area contributed by atoms with Crippen LogP contribution in [0.25, 0.3) is 11.1 Å². The summed E-state index contributed by atoms with van der Waals surface area (Å²) in [6.45, 7) is 0. The normalized spacial score (nSPS) is 10.9. The molecular formula is C34H35Cl2N3O3S2. The summed E-state index contributed by atoms with van der Waals surface area (Å²) in [4.78, 5) is 26.5. The SMILES string of the molecule is Nc1ccccc1NC(=O)CCCCCSc1cccc(-c2cc(Cl)cc(SCCCC(=O)Nc3cccc(O)c3)c2)c1Cl. The molecule has 5 N–H and O–H groups in total. The van der Waals surface area contributed by atoms with Gasteiger partial charge in [-0.05, 0) is 84.9 Å². The van der Waals surface area contributed by atoms with Crippen LogP contribution in [0.4, 0.5) is 17.1 Å². The third-order valence-corrected chi connectivity index (χ3v) is 9.58. The summed E-state index contributed by atoms with van der Waals surface area (Å²) in [6, 6.07) is 25.7. The average Bonchev–Trinajstić information content (AvgIpc) is 2.99. The van der Waals surface area contributed by atoms with E-state index in [1.165, 1.54) is 6.07 Å². The highest BCUT2D eigenvalue weighted by atomic mass is 35.5. The van der Waals surface area contributed by atoms with Crippen LogP contribution in [0.15, 0.2) is 94.7 Å². The van der Waals surface area contributed by atoms with Crippen LogP contribution in [0.3, 0.4) is 0 Å². The van der Waals surface area contributed by atoms with Crippen LogP contribution in [0.2, 0.25) is 10.0 Å². The van der Waals surface area contributed by atoms with Gasteiger partial charge in [0.25, 0.3) is 0 Å². The van der Waals surface area contributed by atoms with Crippen molar-refractivity contribution in [2.75, 3.05) is 27.9 Å². The molecule has 0 saturated carbocycles. The number of hydrogen-bond donors (Lipinski definition) is 4. The zero-order valence-electron chi connectivity index (χ0n) is 24.2. The molecule has 4 aromatic carbocycles. The van der Waals surface area contributed by atoms with Crippen molar-refractivity contribution in [3.8, 4) is 16.9 Å². The molecule has 0 aliphatic heterocycles. The van der Waals surface area contributed by atoms with Crippen LogP contribution < -0.4 is 16.4 Å². The number of hydrogen-bond acceptors (Lipinski definition) is 6. The molecule has 0 saturated heterocycles. The predicted molar refractivity (Wildman–Crippen MR) is 187 cm³/mol. The molecule has 0 fully saturated rings. The molecule has 4 rings (SSSR count). The number of anilines is 3. The Morgan fingerprint density at radius 1 is 0.750 bits per heavy atom. The Morgan fingerprint density at radius 3 is 2.32 bits per heavy atom. The zero-order chi connectivity index (χ0) is 31.3. The van der Waals surface area contributed by atoms with Gasteiger partial charge in [-0.1, -0.05) is 60.0 Å². The second kappa shape index (κ2) is 17.3. The van der Waals surface area contributed by atoms with Gasteiger partial charge in [0.2, 0.25) is 11.8 Å². The maximum absolute atomic E-state index is 12.3. The molecule has 0 aromatic heterocycles. The third-order valence-electron chi connectivity index (χ3n) is 6.63. The van der Waals surface area contributed by atoms with Gasteiger partial charge >= 0.3 is 0 Å². The fourth-order valence-corrected chi connectivity index (χ4v) is 7.07. The van der Waals surface area contributed by atoms with Crippen molar-refractivity contribution in [2.45, 2.75) is 48.3 Å². The predicted octanol–water partition coefficient (Wildman–Crippen LogP) is 9.75. The first-order valence-corrected chi connectivity index (χ1v) is 17.1. The van der Waals surface area contributed by atoms with Crippen molar-refractivity contribution in [3.63, 3.8) is 0 Å². The molecular weight excluding hydrogens is 633 g/mol. The number of phenolic OH excluding ortho intramolecular Hbond substituents is 1. The Balaban J connectivity index is 1.22. The summed E-state index contributed by atoms with van der Waals surface area (Å²) in [5.74, 6) is 1.64. The fraction of sp³-hybridized carbons (Fsp3) is 0.235. The van der Waals surface area contributed by atoms with Crippen molar-refractivity contribution in [3.05, 3.63) is 95.0 Å². The van der Waals surface area contributed by atoms with Crippen LogP contribution in [0, 0.1) is 0 Å². The smallest absolute Gasteiger partial charge is 0.224 e. The van der Waals surface area contributed by atoms with Gasteiger partial charge < -0.3 is 21.5 Å². The van der Waals surface area contributed by atoms with Crippen molar-refractivity contribution in [1.29, 1.82) is 0 Å². The molecule has 0 unspecified atom stereocenters. The zero-order valence-corrected chi connectivity index (χ0v) is 27.3. The van der Waals surface area contributed by atoms with E-state index in [4.69, 9.17) is 28.9 Å². The van der Waals surface area contributed by atoms with Crippen LogP contribution in [0.5, 0.6) is 5.75 Å². The van der Waals surface area contributed by atoms with Crippen LogP contribution in [0.1, 0.15) is 38.5 Å². The number of thioether (sulfide) groups is 2. The van der Waals surface area contributed by atoms with Gasteiger partial charge in [0.1, 0.15) is 5.75 Å². The van der Waals surface area contributed by atoms with Gasteiger partial charge in [-0.25, -0.2) is 0 Å². The Morgan fingerprint density at radius 2 is 1.50 bits per heavy atom. The number of carbonyl (C=O) groups excluding carboxylic acids is 2. The van der Waals surface area contributed by atoms with Gasteiger partial charge in [0, 0.05) is 45.0 Å². The lowest BCUT2D eigenvalue weighted by Crippen LogP contribution is -2.12. The second-order valence-electron chi connectivity index (χ2n) is 10.1. The van der Waals surface area contributed by atoms with Crippen molar-refractivity contribution < 1.29 is 14.7 Å². The van der Waals surface area contributed by atoms with E-state index >= 15 is 0 Å². The van der Waals surface area contributed by atoms with E-state index in [1.54, 1.807) is 53.9 Å². The summed E-state index contributed by atoms with van der Waals surface area (Å²) in [5.41, 5.74) is 9.55. The summed E-state index contributed by atoms with van der Waals surface area (Å²) >= 11 is 16.7. The molecule has 4 aromatic rings. The van der Waals surface area contributed by atoms with Gasteiger partial charge in [-0.2, -0.15) is 0 Å². The number of halogens is 2.